The number of rotatable bonds is 9. The van der Waals surface area contributed by atoms with Crippen LogP contribution in [-0.2, 0) is 4.74 Å². The van der Waals surface area contributed by atoms with Crippen molar-refractivity contribution in [1.82, 2.24) is 10.6 Å². The molecule has 2 N–H and O–H groups in total. The molecule has 3 nitrogen and oxygen atoms in total. The van der Waals surface area contributed by atoms with Crippen LogP contribution in [0.15, 0.2) is 0 Å². The van der Waals surface area contributed by atoms with E-state index < -0.39 is 0 Å². The van der Waals surface area contributed by atoms with E-state index in [2.05, 4.69) is 31.4 Å². The van der Waals surface area contributed by atoms with Gasteiger partial charge in [0.15, 0.2) is 0 Å². The first-order valence-corrected chi connectivity index (χ1v) is 7.83. The fourth-order valence-electron chi connectivity index (χ4n) is 2.76. The number of ether oxygens (including phenoxy) is 1. The summed E-state index contributed by atoms with van der Waals surface area (Å²) in [5.74, 6) is 0. The van der Waals surface area contributed by atoms with Crippen LogP contribution in [0.4, 0.5) is 0 Å². The minimum atomic E-state index is 0.356. The van der Waals surface area contributed by atoms with E-state index in [0.717, 1.165) is 32.7 Å². The predicted octanol–water partition coefficient (Wildman–Crippen LogP) is 2.70. The van der Waals surface area contributed by atoms with E-state index in [0.29, 0.717) is 11.6 Å². The van der Waals surface area contributed by atoms with Gasteiger partial charge >= 0.3 is 0 Å². The first kappa shape index (κ1) is 15.9. The lowest BCUT2D eigenvalue weighted by molar-refractivity contribution is 0.0308. The molecule has 1 fully saturated rings. The molecule has 1 rings (SSSR count). The lowest BCUT2D eigenvalue weighted by atomic mass is 9.90. The minimum absolute atomic E-state index is 0.356. The maximum atomic E-state index is 5.92. The molecule has 0 aliphatic carbocycles. The van der Waals surface area contributed by atoms with Crippen LogP contribution in [0.2, 0.25) is 0 Å². The molecule has 0 radical (unpaired) electrons. The molecule has 0 saturated carbocycles. The van der Waals surface area contributed by atoms with Crippen LogP contribution < -0.4 is 10.6 Å². The Balaban J connectivity index is 2.06. The Morgan fingerprint density at radius 3 is 2.28 bits per heavy atom. The van der Waals surface area contributed by atoms with Gasteiger partial charge in [0.1, 0.15) is 0 Å². The fourth-order valence-corrected chi connectivity index (χ4v) is 2.76. The molecule has 18 heavy (non-hydrogen) atoms. The van der Waals surface area contributed by atoms with Crippen molar-refractivity contribution in [3.63, 3.8) is 0 Å². The molecular weight excluding hydrogens is 224 g/mol. The highest BCUT2D eigenvalue weighted by Crippen LogP contribution is 2.18. The predicted molar refractivity (Wildman–Crippen MR) is 78.1 cm³/mol. The summed E-state index contributed by atoms with van der Waals surface area (Å²) in [7, 11) is 0. The van der Waals surface area contributed by atoms with Crippen molar-refractivity contribution < 1.29 is 4.74 Å². The van der Waals surface area contributed by atoms with Crippen LogP contribution in [-0.4, -0.2) is 37.9 Å². The second-order valence-corrected chi connectivity index (χ2v) is 5.44. The van der Waals surface area contributed by atoms with Gasteiger partial charge < -0.3 is 15.4 Å². The van der Waals surface area contributed by atoms with Gasteiger partial charge in [-0.05, 0) is 58.2 Å². The Labute approximate surface area is 113 Å². The number of piperidine rings is 1. The Kier molecular flexibility index (Phi) is 7.87. The molecule has 0 bridgehead atoms. The van der Waals surface area contributed by atoms with E-state index in [9.17, 15) is 0 Å². The molecular formula is C15H32N2O. The van der Waals surface area contributed by atoms with Gasteiger partial charge in [0, 0.05) is 12.1 Å². The lowest BCUT2D eigenvalue weighted by Crippen LogP contribution is -2.44. The van der Waals surface area contributed by atoms with Gasteiger partial charge in [0.25, 0.3) is 0 Å². The van der Waals surface area contributed by atoms with Crippen LogP contribution in [0.25, 0.3) is 0 Å². The third-order valence-electron chi connectivity index (χ3n) is 4.49. The molecule has 3 heteroatoms. The fraction of sp³-hybridized carbons (Fsp3) is 1.00. The van der Waals surface area contributed by atoms with Gasteiger partial charge in [0.05, 0.1) is 6.10 Å². The van der Waals surface area contributed by atoms with Crippen molar-refractivity contribution in [3.8, 4) is 0 Å². The molecule has 0 amide bonds. The highest BCUT2D eigenvalue weighted by molar-refractivity contribution is 4.83. The molecule has 1 aliphatic rings. The zero-order valence-corrected chi connectivity index (χ0v) is 12.6. The van der Waals surface area contributed by atoms with Gasteiger partial charge in [-0.25, -0.2) is 0 Å². The van der Waals surface area contributed by atoms with Gasteiger partial charge in [-0.15, -0.1) is 0 Å². The summed E-state index contributed by atoms with van der Waals surface area (Å²) in [6.45, 7) is 11.1. The molecule has 1 heterocycles. The summed E-state index contributed by atoms with van der Waals surface area (Å²) >= 11 is 0. The van der Waals surface area contributed by atoms with Crippen molar-refractivity contribution in [1.29, 1.82) is 0 Å². The van der Waals surface area contributed by atoms with Crippen molar-refractivity contribution in [3.05, 3.63) is 0 Å². The maximum absolute atomic E-state index is 5.92. The zero-order chi connectivity index (χ0) is 13.3. The summed E-state index contributed by atoms with van der Waals surface area (Å²) in [4.78, 5) is 0. The number of nitrogens with one attached hydrogen (secondary N) is 2. The molecule has 1 saturated heterocycles. The highest BCUT2D eigenvalue weighted by Gasteiger charge is 2.22. The third-order valence-corrected chi connectivity index (χ3v) is 4.49. The molecule has 0 aromatic heterocycles. The first-order valence-electron chi connectivity index (χ1n) is 7.83. The molecule has 108 valence electrons. The van der Waals surface area contributed by atoms with Gasteiger partial charge in [-0.3, -0.25) is 0 Å². The topological polar surface area (TPSA) is 33.3 Å². The van der Waals surface area contributed by atoms with Gasteiger partial charge in [-0.2, -0.15) is 0 Å². The Morgan fingerprint density at radius 2 is 1.72 bits per heavy atom. The Hall–Kier alpha value is -0.120. The van der Waals surface area contributed by atoms with E-state index in [1.54, 1.807) is 0 Å². The molecule has 1 aliphatic heterocycles. The third kappa shape index (κ3) is 5.25. The zero-order valence-electron chi connectivity index (χ0n) is 12.6. The van der Waals surface area contributed by atoms with E-state index in [1.807, 2.05) is 0 Å². The van der Waals surface area contributed by atoms with Gasteiger partial charge in [0.2, 0.25) is 0 Å². The number of hydrogen-bond acceptors (Lipinski definition) is 3. The van der Waals surface area contributed by atoms with E-state index in [1.165, 1.54) is 32.1 Å². The molecule has 0 aromatic carbocycles. The minimum Gasteiger partial charge on any atom is -0.378 e. The Bertz CT molecular complexity index is 190. The van der Waals surface area contributed by atoms with Crippen molar-refractivity contribution in [2.45, 2.75) is 70.9 Å². The van der Waals surface area contributed by atoms with Crippen molar-refractivity contribution >= 4 is 0 Å². The molecule has 0 aromatic rings. The first-order chi connectivity index (χ1) is 8.76. The number of hydrogen-bond donors (Lipinski definition) is 2. The normalized spacial score (nSPS) is 18.2. The molecule has 0 spiro atoms. The van der Waals surface area contributed by atoms with Crippen LogP contribution in [0.5, 0.6) is 0 Å². The Morgan fingerprint density at radius 1 is 1.11 bits per heavy atom. The van der Waals surface area contributed by atoms with Crippen LogP contribution in [0, 0.1) is 0 Å². The highest BCUT2D eigenvalue weighted by atomic mass is 16.5. The standard InChI is InChI=1S/C15H32N2O/c1-4-15(5-2,6-3)17-10-7-13-18-14-8-11-16-12-9-14/h14,16-17H,4-13H2,1-3H3. The maximum Gasteiger partial charge on any atom is 0.0599 e. The second-order valence-electron chi connectivity index (χ2n) is 5.44. The average Bonchev–Trinajstić information content (AvgIpc) is 2.45. The summed E-state index contributed by atoms with van der Waals surface area (Å²) in [5, 5.41) is 7.09. The summed E-state index contributed by atoms with van der Waals surface area (Å²) < 4.78 is 5.92. The largest absolute Gasteiger partial charge is 0.378 e. The van der Waals surface area contributed by atoms with Crippen LogP contribution in [0.3, 0.4) is 0 Å². The van der Waals surface area contributed by atoms with E-state index >= 15 is 0 Å². The SMILES string of the molecule is CCC(CC)(CC)NCCCOC1CCNCC1. The summed E-state index contributed by atoms with van der Waals surface area (Å²) in [5.41, 5.74) is 0.356. The van der Waals surface area contributed by atoms with Gasteiger partial charge in [-0.1, -0.05) is 20.8 Å². The van der Waals surface area contributed by atoms with Crippen LogP contribution in [0.1, 0.15) is 59.3 Å². The smallest absolute Gasteiger partial charge is 0.0599 e. The summed E-state index contributed by atoms with van der Waals surface area (Å²) in [6, 6.07) is 0. The quantitative estimate of drug-likeness (QED) is 0.622. The van der Waals surface area contributed by atoms with Crippen molar-refractivity contribution in [2.75, 3.05) is 26.2 Å². The van der Waals surface area contributed by atoms with Crippen molar-refractivity contribution in [2.24, 2.45) is 0 Å². The monoisotopic (exact) mass is 256 g/mol. The molecule has 0 unspecified atom stereocenters. The summed E-state index contributed by atoms with van der Waals surface area (Å²) in [6.07, 6.45) is 7.64. The van der Waals surface area contributed by atoms with Crippen LogP contribution >= 0.6 is 0 Å². The second kappa shape index (κ2) is 8.89. The van der Waals surface area contributed by atoms with E-state index in [-0.39, 0.29) is 0 Å². The average molecular weight is 256 g/mol. The van der Waals surface area contributed by atoms with E-state index in [4.69, 9.17) is 4.74 Å². The lowest BCUT2D eigenvalue weighted by Gasteiger charge is -2.32. The molecule has 0 atom stereocenters.